The molecule has 0 saturated carbocycles. The number of hydrogen-bond acceptors (Lipinski definition) is 3. The average molecular weight is 309 g/mol. The predicted molar refractivity (Wildman–Crippen MR) is 80.6 cm³/mol. The standard InChI is InChI=1S/C14H13ClN2O2S/c1-2-7-16-13(18)12-8-20-9-17(12)14(19)10-3-5-11(15)6-4-10/h1,3-6,12H,7-9H2,(H,16,18). The van der Waals surface area contributed by atoms with E-state index in [4.69, 9.17) is 18.0 Å². The lowest BCUT2D eigenvalue weighted by Crippen LogP contribution is -2.47. The van der Waals surface area contributed by atoms with Crippen LogP contribution in [0.4, 0.5) is 0 Å². The number of terminal acetylenes is 1. The maximum Gasteiger partial charge on any atom is 0.255 e. The predicted octanol–water partition coefficient (Wildman–Crippen LogP) is 1.60. The normalized spacial score (nSPS) is 17.6. The lowest BCUT2D eigenvalue weighted by atomic mass is 10.1. The number of nitrogens with zero attached hydrogens (tertiary/aromatic N) is 1. The van der Waals surface area contributed by atoms with Gasteiger partial charge < -0.3 is 10.2 Å². The number of halogens is 1. The van der Waals surface area contributed by atoms with Crippen LogP contribution in [0.25, 0.3) is 0 Å². The fourth-order valence-corrected chi connectivity index (χ4v) is 3.15. The van der Waals surface area contributed by atoms with E-state index >= 15 is 0 Å². The largest absolute Gasteiger partial charge is 0.343 e. The van der Waals surface area contributed by atoms with Gasteiger partial charge in [-0.1, -0.05) is 17.5 Å². The first kappa shape index (κ1) is 14.8. The van der Waals surface area contributed by atoms with E-state index in [-0.39, 0.29) is 18.4 Å². The van der Waals surface area contributed by atoms with Crippen LogP contribution in [-0.2, 0) is 4.79 Å². The highest BCUT2D eigenvalue weighted by atomic mass is 35.5. The van der Waals surface area contributed by atoms with E-state index in [1.165, 1.54) is 0 Å². The van der Waals surface area contributed by atoms with Crippen LogP contribution in [0.1, 0.15) is 10.4 Å². The van der Waals surface area contributed by atoms with Gasteiger partial charge in [0, 0.05) is 16.3 Å². The minimum absolute atomic E-state index is 0.170. The highest BCUT2D eigenvalue weighted by Gasteiger charge is 2.34. The fourth-order valence-electron chi connectivity index (χ4n) is 1.87. The number of hydrogen-bond donors (Lipinski definition) is 1. The number of benzene rings is 1. The molecule has 1 aromatic rings. The second-order valence-corrected chi connectivity index (χ2v) is 5.66. The molecular weight excluding hydrogens is 296 g/mol. The number of thioether (sulfide) groups is 1. The summed E-state index contributed by atoms with van der Waals surface area (Å²) in [5, 5.41) is 3.19. The van der Waals surface area contributed by atoms with E-state index in [0.29, 0.717) is 22.2 Å². The van der Waals surface area contributed by atoms with Crippen LogP contribution in [0.5, 0.6) is 0 Å². The van der Waals surface area contributed by atoms with Crippen LogP contribution in [0.2, 0.25) is 5.02 Å². The van der Waals surface area contributed by atoms with E-state index in [0.717, 1.165) is 0 Å². The van der Waals surface area contributed by atoms with E-state index in [1.54, 1.807) is 40.9 Å². The molecule has 6 heteroatoms. The van der Waals surface area contributed by atoms with Gasteiger partial charge in [-0.05, 0) is 24.3 Å². The SMILES string of the molecule is C#CCNC(=O)C1CSCN1C(=O)c1ccc(Cl)cc1. The van der Waals surface area contributed by atoms with Crippen molar-refractivity contribution in [2.75, 3.05) is 18.2 Å². The van der Waals surface area contributed by atoms with Gasteiger partial charge in [0.05, 0.1) is 12.4 Å². The van der Waals surface area contributed by atoms with Crippen molar-refractivity contribution < 1.29 is 9.59 Å². The number of amides is 2. The van der Waals surface area contributed by atoms with Gasteiger partial charge in [0.25, 0.3) is 5.91 Å². The molecule has 1 heterocycles. The minimum atomic E-state index is -0.475. The number of carbonyl (C=O) groups is 2. The third kappa shape index (κ3) is 3.27. The molecule has 104 valence electrons. The van der Waals surface area contributed by atoms with Crippen molar-refractivity contribution in [2.45, 2.75) is 6.04 Å². The average Bonchev–Trinajstić information content (AvgIpc) is 2.94. The maximum absolute atomic E-state index is 12.4. The second kappa shape index (κ2) is 6.69. The zero-order valence-electron chi connectivity index (χ0n) is 10.6. The van der Waals surface area contributed by atoms with Gasteiger partial charge in [-0.2, -0.15) is 0 Å². The summed E-state index contributed by atoms with van der Waals surface area (Å²) in [5.41, 5.74) is 0.520. The van der Waals surface area contributed by atoms with Crippen molar-refractivity contribution in [1.82, 2.24) is 10.2 Å². The van der Waals surface area contributed by atoms with Gasteiger partial charge in [-0.3, -0.25) is 9.59 Å². The van der Waals surface area contributed by atoms with E-state index in [9.17, 15) is 9.59 Å². The molecule has 1 aliphatic heterocycles. The van der Waals surface area contributed by atoms with Crippen molar-refractivity contribution in [2.24, 2.45) is 0 Å². The Kier molecular flexibility index (Phi) is 4.94. The van der Waals surface area contributed by atoms with E-state index in [1.807, 2.05) is 0 Å². The number of nitrogens with one attached hydrogen (secondary N) is 1. The Morgan fingerprint density at radius 1 is 1.45 bits per heavy atom. The molecule has 4 nitrogen and oxygen atoms in total. The van der Waals surface area contributed by atoms with Gasteiger partial charge in [-0.15, -0.1) is 18.2 Å². The Morgan fingerprint density at radius 3 is 2.80 bits per heavy atom. The van der Waals surface area contributed by atoms with Crippen LogP contribution in [0.3, 0.4) is 0 Å². The molecule has 1 unspecified atom stereocenters. The van der Waals surface area contributed by atoms with E-state index < -0.39 is 6.04 Å². The fraction of sp³-hybridized carbons (Fsp3) is 0.286. The monoisotopic (exact) mass is 308 g/mol. The Hall–Kier alpha value is -1.64. The molecule has 20 heavy (non-hydrogen) atoms. The van der Waals surface area contributed by atoms with Gasteiger partial charge in [-0.25, -0.2) is 0 Å². The first-order valence-corrected chi connectivity index (χ1v) is 7.52. The molecule has 1 aromatic carbocycles. The Balaban J connectivity index is 2.10. The zero-order valence-corrected chi connectivity index (χ0v) is 12.2. The summed E-state index contributed by atoms with van der Waals surface area (Å²) < 4.78 is 0. The summed E-state index contributed by atoms with van der Waals surface area (Å²) in [7, 11) is 0. The van der Waals surface area contributed by atoms with Gasteiger partial charge >= 0.3 is 0 Å². The molecule has 1 atom stereocenters. The van der Waals surface area contributed by atoms with Crippen LogP contribution in [0, 0.1) is 12.3 Å². The van der Waals surface area contributed by atoms with Crippen molar-refractivity contribution in [3.05, 3.63) is 34.9 Å². The van der Waals surface area contributed by atoms with Crippen LogP contribution in [-0.4, -0.2) is 40.9 Å². The minimum Gasteiger partial charge on any atom is -0.343 e. The van der Waals surface area contributed by atoms with Crippen molar-refractivity contribution in [1.29, 1.82) is 0 Å². The smallest absolute Gasteiger partial charge is 0.255 e. The van der Waals surface area contributed by atoms with Crippen LogP contribution >= 0.6 is 23.4 Å². The summed E-state index contributed by atoms with van der Waals surface area (Å²) >= 11 is 7.35. The van der Waals surface area contributed by atoms with E-state index in [2.05, 4.69) is 11.2 Å². The quantitative estimate of drug-likeness (QED) is 0.863. The molecule has 1 N–H and O–H groups in total. The molecular formula is C14H13ClN2O2S. The highest BCUT2D eigenvalue weighted by molar-refractivity contribution is 7.99. The summed E-state index contributed by atoms with van der Waals surface area (Å²) in [6, 6.07) is 6.15. The molecule has 0 aromatic heterocycles. The molecule has 0 aliphatic carbocycles. The molecule has 0 spiro atoms. The molecule has 0 bridgehead atoms. The first-order chi connectivity index (χ1) is 9.63. The topological polar surface area (TPSA) is 49.4 Å². The highest BCUT2D eigenvalue weighted by Crippen LogP contribution is 2.23. The zero-order chi connectivity index (χ0) is 14.5. The van der Waals surface area contributed by atoms with Gasteiger partial charge in [0.1, 0.15) is 6.04 Å². The first-order valence-electron chi connectivity index (χ1n) is 5.99. The summed E-state index contributed by atoms with van der Waals surface area (Å²) in [5.74, 6) is 3.04. The molecule has 0 radical (unpaired) electrons. The van der Waals surface area contributed by atoms with Gasteiger partial charge in [0.2, 0.25) is 5.91 Å². The third-order valence-corrected chi connectivity index (χ3v) is 4.17. The lowest BCUT2D eigenvalue weighted by molar-refractivity contribution is -0.124. The number of carbonyl (C=O) groups excluding carboxylic acids is 2. The summed E-state index contributed by atoms with van der Waals surface area (Å²) in [6.45, 7) is 0.170. The Labute approximate surface area is 126 Å². The Bertz CT molecular complexity index is 553. The van der Waals surface area contributed by atoms with Gasteiger partial charge in [0.15, 0.2) is 0 Å². The molecule has 1 aliphatic rings. The molecule has 2 rings (SSSR count). The molecule has 2 amide bonds. The van der Waals surface area contributed by atoms with Crippen molar-refractivity contribution >= 4 is 35.2 Å². The molecule has 1 saturated heterocycles. The summed E-state index contributed by atoms with van der Waals surface area (Å²) in [4.78, 5) is 25.9. The lowest BCUT2D eigenvalue weighted by Gasteiger charge is -2.22. The third-order valence-electron chi connectivity index (χ3n) is 2.90. The van der Waals surface area contributed by atoms with Crippen molar-refractivity contribution in [3.63, 3.8) is 0 Å². The second-order valence-electron chi connectivity index (χ2n) is 4.22. The van der Waals surface area contributed by atoms with Crippen molar-refractivity contribution in [3.8, 4) is 12.3 Å². The number of rotatable bonds is 3. The maximum atomic E-state index is 12.4. The molecule has 1 fully saturated rings. The van der Waals surface area contributed by atoms with Crippen LogP contribution in [0.15, 0.2) is 24.3 Å². The summed E-state index contributed by atoms with van der Waals surface area (Å²) in [6.07, 6.45) is 5.11. The van der Waals surface area contributed by atoms with Crippen LogP contribution < -0.4 is 5.32 Å². The Morgan fingerprint density at radius 2 is 2.15 bits per heavy atom.